The van der Waals surface area contributed by atoms with Crippen molar-refractivity contribution < 1.29 is 9.59 Å². The van der Waals surface area contributed by atoms with Crippen molar-refractivity contribution in [3.63, 3.8) is 0 Å². The Kier molecular flexibility index (Phi) is 3.78. The zero-order valence-electron chi connectivity index (χ0n) is 15.5. The summed E-state index contributed by atoms with van der Waals surface area (Å²) >= 11 is 0. The van der Waals surface area contributed by atoms with E-state index in [0.717, 1.165) is 17.1 Å². The van der Waals surface area contributed by atoms with Crippen LogP contribution in [-0.4, -0.2) is 67.1 Å². The summed E-state index contributed by atoms with van der Waals surface area (Å²) < 4.78 is 3.89. The Labute approximate surface area is 162 Å². The fourth-order valence-electron chi connectivity index (χ4n) is 4.19. The summed E-state index contributed by atoms with van der Waals surface area (Å²) in [5, 5.41) is 4.28. The number of fused-ring (bicyclic) bond motifs is 1. The Bertz CT molecular complexity index is 1040. The first-order valence-electron chi connectivity index (χ1n) is 9.29. The Balaban J connectivity index is 1.47. The summed E-state index contributed by atoms with van der Waals surface area (Å²) in [4.78, 5) is 32.7. The van der Waals surface area contributed by atoms with E-state index in [4.69, 9.17) is 0 Å². The van der Waals surface area contributed by atoms with E-state index in [2.05, 4.69) is 14.6 Å². The van der Waals surface area contributed by atoms with Crippen LogP contribution in [-0.2, 0) is 9.59 Å². The van der Waals surface area contributed by atoms with E-state index >= 15 is 0 Å². The molecule has 2 amide bonds. The second-order valence-corrected chi connectivity index (χ2v) is 7.30. The lowest BCUT2D eigenvalue weighted by molar-refractivity contribution is -0.152. The molecule has 2 atom stereocenters. The minimum Gasteiger partial charge on any atom is -0.335 e. The predicted molar refractivity (Wildman–Crippen MR) is 102 cm³/mol. The van der Waals surface area contributed by atoms with Crippen molar-refractivity contribution in [1.29, 1.82) is 0 Å². The fourth-order valence-corrected chi connectivity index (χ4v) is 4.19. The van der Waals surface area contributed by atoms with Crippen molar-refractivity contribution in [3.8, 4) is 17.1 Å². The lowest BCUT2D eigenvalue weighted by Gasteiger charge is -2.33. The number of likely N-dealkylation sites (N-methyl/N-ethyl adjacent to an activating group) is 1. The molecule has 0 saturated carbocycles. The number of piperazine rings is 1. The van der Waals surface area contributed by atoms with Gasteiger partial charge in [-0.25, -0.2) is 9.67 Å². The van der Waals surface area contributed by atoms with Crippen LogP contribution in [0.1, 0.15) is 12.5 Å². The van der Waals surface area contributed by atoms with E-state index in [1.165, 1.54) is 4.90 Å². The number of hydrogen-bond donors (Lipinski definition) is 0. The number of nitrogens with zero attached hydrogens (tertiary/aromatic N) is 6. The SMILES string of the molecule is CN1CC(=O)N2C[C@@H](n3ccnc3-c3cccc(-n4cccn4)c3)C[C@H]2C1=O. The highest BCUT2D eigenvalue weighted by Gasteiger charge is 2.45. The van der Waals surface area contributed by atoms with Crippen LogP contribution in [0, 0.1) is 0 Å². The maximum atomic E-state index is 12.5. The molecule has 8 nitrogen and oxygen atoms in total. The second kappa shape index (κ2) is 6.33. The van der Waals surface area contributed by atoms with Crippen molar-refractivity contribution in [2.45, 2.75) is 18.5 Å². The van der Waals surface area contributed by atoms with Crippen LogP contribution in [0.2, 0.25) is 0 Å². The molecule has 0 spiro atoms. The van der Waals surface area contributed by atoms with Gasteiger partial charge in [-0.1, -0.05) is 12.1 Å². The van der Waals surface area contributed by atoms with Crippen LogP contribution in [0.4, 0.5) is 0 Å². The molecule has 1 aromatic carbocycles. The Morgan fingerprint density at radius 3 is 2.82 bits per heavy atom. The molecule has 5 rings (SSSR count). The number of carbonyl (C=O) groups is 2. The van der Waals surface area contributed by atoms with E-state index in [0.29, 0.717) is 13.0 Å². The third kappa shape index (κ3) is 2.60. The number of imidazole rings is 1. The average molecular weight is 376 g/mol. The van der Waals surface area contributed by atoms with Crippen molar-refractivity contribution in [1.82, 2.24) is 29.1 Å². The van der Waals surface area contributed by atoms with E-state index in [1.807, 2.05) is 42.7 Å². The minimum atomic E-state index is -0.373. The molecular formula is C20H20N6O2. The van der Waals surface area contributed by atoms with Crippen LogP contribution in [0.5, 0.6) is 0 Å². The van der Waals surface area contributed by atoms with Crippen LogP contribution in [0.3, 0.4) is 0 Å². The molecular weight excluding hydrogens is 356 g/mol. The maximum Gasteiger partial charge on any atom is 0.245 e. The Morgan fingerprint density at radius 2 is 2.00 bits per heavy atom. The van der Waals surface area contributed by atoms with E-state index in [-0.39, 0.29) is 30.4 Å². The first-order valence-corrected chi connectivity index (χ1v) is 9.29. The van der Waals surface area contributed by atoms with E-state index in [1.54, 1.807) is 29.0 Å². The summed E-state index contributed by atoms with van der Waals surface area (Å²) in [6, 6.07) is 9.55. The van der Waals surface area contributed by atoms with Crippen LogP contribution in [0.15, 0.2) is 55.1 Å². The third-order valence-electron chi connectivity index (χ3n) is 5.57. The Hall–Kier alpha value is -3.42. The van der Waals surface area contributed by atoms with Gasteiger partial charge in [-0.3, -0.25) is 9.59 Å². The Morgan fingerprint density at radius 1 is 1.11 bits per heavy atom. The number of aromatic nitrogens is 4. The number of rotatable bonds is 3. The van der Waals surface area contributed by atoms with Gasteiger partial charge in [0.25, 0.3) is 0 Å². The van der Waals surface area contributed by atoms with Crippen LogP contribution >= 0.6 is 0 Å². The highest BCUT2D eigenvalue weighted by atomic mass is 16.2. The first kappa shape index (κ1) is 16.7. The van der Waals surface area contributed by atoms with Gasteiger partial charge < -0.3 is 14.4 Å². The summed E-state index contributed by atoms with van der Waals surface area (Å²) in [6.45, 7) is 0.691. The zero-order chi connectivity index (χ0) is 19.3. The van der Waals surface area contributed by atoms with E-state index in [9.17, 15) is 9.59 Å². The lowest BCUT2D eigenvalue weighted by atomic mass is 10.1. The number of hydrogen-bond acceptors (Lipinski definition) is 4. The molecule has 142 valence electrons. The van der Waals surface area contributed by atoms with Gasteiger partial charge in [0.2, 0.25) is 11.8 Å². The monoisotopic (exact) mass is 376 g/mol. The molecule has 2 saturated heterocycles. The molecule has 2 aliphatic heterocycles. The predicted octanol–water partition coefficient (Wildman–Crippen LogP) is 1.35. The second-order valence-electron chi connectivity index (χ2n) is 7.30. The lowest BCUT2D eigenvalue weighted by Crippen LogP contribution is -2.55. The number of amides is 2. The molecule has 0 bridgehead atoms. The third-order valence-corrected chi connectivity index (χ3v) is 5.57. The summed E-state index contributed by atoms with van der Waals surface area (Å²) in [5.41, 5.74) is 1.92. The number of carbonyl (C=O) groups excluding carboxylic acids is 2. The highest BCUT2D eigenvalue weighted by molar-refractivity contribution is 5.95. The maximum absolute atomic E-state index is 12.5. The van der Waals surface area contributed by atoms with Crippen molar-refractivity contribution in [3.05, 3.63) is 55.1 Å². The minimum absolute atomic E-state index is 0.0111. The summed E-state index contributed by atoms with van der Waals surface area (Å²) in [6.07, 6.45) is 7.94. The molecule has 0 unspecified atom stereocenters. The summed E-state index contributed by atoms with van der Waals surface area (Å²) in [5.74, 6) is 0.855. The quantitative estimate of drug-likeness (QED) is 0.691. The molecule has 2 aliphatic rings. The smallest absolute Gasteiger partial charge is 0.245 e. The molecule has 2 aromatic heterocycles. The summed E-state index contributed by atoms with van der Waals surface area (Å²) in [7, 11) is 1.69. The van der Waals surface area contributed by atoms with Gasteiger partial charge in [0, 0.05) is 43.9 Å². The zero-order valence-corrected chi connectivity index (χ0v) is 15.5. The van der Waals surface area contributed by atoms with Gasteiger partial charge in [0.1, 0.15) is 11.9 Å². The average Bonchev–Trinajstić information content (AvgIpc) is 3.46. The normalized spacial score (nSPS) is 22.0. The topological polar surface area (TPSA) is 76.3 Å². The van der Waals surface area contributed by atoms with E-state index < -0.39 is 0 Å². The molecule has 28 heavy (non-hydrogen) atoms. The van der Waals surface area contributed by atoms with Gasteiger partial charge in [-0.2, -0.15) is 5.10 Å². The van der Waals surface area contributed by atoms with Gasteiger partial charge in [-0.15, -0.1) is 0 Å². The standard InChI is InChI=1S/C20H20N6O2/c1-23-13-18(27)25-12-16(11-17(25)20(23)28)24-9-7-21-19(24)14-4-2-5-15(10-14)26-8-3-6-22-26/h2-10,16-17H,11-13H2,1H3/t16-,17-/m0/s1. The molecule has 0 N–H and O–H groups in total. The van der Waals surface area contributed by atoms with Crippen LogP contribution < -0.4 is 0 Å². The largest absolute Gasteiger partial charge is 0.335 e. The molecule has 0 radical (unpaired) electrons. The number of benzene rings is 1. The van der Waals surface area contributed by atoms with Crippen molar-refractivity contribution in [2.75, 3.05) is 20.1 Å². The van der Waals surface area contributed by atoms with Gasteiger partial charge in [-0.05, 0) is 24.6 Å². The molecule has 8 heteroatoms. The van der Waals surface area contributed by atoms with Gasteiger partial charge >= 0.3 is 0 Å². The highest BCUT2D eigenvalue weighted by Crippen LogP contribution is 2.34. The van der Waals surface area contributed by atoms with Crippen molar-refractivity contribution in [2.24, 2.45) is 0 Å². The molecule has 2 fully saturated rings. The first-order chi connectivity index (χ1) is 13.6. The van der Waals surface area contributed by atoms with Gasteiger partial charge in [0.05, 0.1) is 18.3 Å². The van der Waals surface area contributed by atoms with Crippen LogP contribution in [0.25, 0.3) is 17.1 Å². The van der Waals surface area contributed by atoms with Gasteiger partial charge in [0.15, 0.2) is 0 Å². The molecule has 3 aromatic rings. The molecule has 4 heterocycles. The fraction of sp³-hybridized carbons (Fsp3) is 0.300. The molecule has 0 aliphatic carbocycles. The van der Waals surface area contributed by atoms with Crippen molar-refractivity contribution >= 4 is 11.8 Å².